The number of aromatic nitrogens is 1. The summed E-state index contributed by atoms with van der Waals surface area (Å²) in [6.07, 6.45) is 2.60. The van der Waals surface area contributed by atoms with Crippen molar-refractivity contribution in [3.8, 4) is 5.75 Å². The van der Waals surface area contributed by atoms with E-state index in [1.165, 1.54) is 19.2 Å². The zero-order chi connectivity index (χ0) is 16.9. The first kappa shape index (κ1) is 17.1. The Hall–Kier alpha value is -2.28. The third kappa shape index (κ3) is 4.59. The molecule has 0 radical (unpaired) electrons. The fraction of sp³-hybridized carbons (Fsp3) is 0.312. The summed E-state index contributed by atoms with van der Waals surface area (Å²) in [5, 5.41) is 3.27. The molecule has 0 bridgehead atoms. The standard InChI is InChI=1S/C16H21N3O3S/c1-4-12(2)18-13-5-10-16(17-11-13)19-23(20,21)15-8-6-14(22-3)7-9-15/h5-12,18H,4H2,1-3H3,(H,17,19). The molecule has 2 rings (SSSR count). The number of pyridine rings is 1. The van der Waals surface area contributed by atoms with Gasteiger partial charge in [0, 0.05) is 6.04 Å². The predicted octanol–water partition coefficient (Wildman–Crippen LogP) is 3.10. The summed E-state index contributed by atoms with van der Waals surface area (Å²) in [6.45, 7) is 4.16. The van der Waals surface area contributed by atoms with Crippen LogP contribution in [0, 0.1) is 0 Å². The Morgan fingerprint density at radius 1 is 1.17 bits per heavy atom. The lowest BCUT2D eigenvalue weighted by molar-refractivity contribution is 0.414. The normalized spacial score (nSPS) is 12.5. The lowest BCUT2D eigenvalue weighted by Crippen LogP contribution is -2.15. The minimum atomic E-state index is -3.67. The van der Waals surface area contributed by atoms with E-state index in [1.54, 1.807) is 30.5 Å². The van der Waals surface area contributed by atoms with Crippen LogP contribution in [0.4, 0.5) is 11.5 Å². The van der Waals surface area contributed by atoms with Gasteiger partial charge in [-0.1, -0.05) is 6.92 Å². The first-order chi connectivity index (χ1) is 10.9. The monoisotopic (exact) mass is 335 g/mol. The molecule has 2 aromatic rings. The molecular formula is C16H21N3O3S. The Morgan fingerprint density at radius 2 is 1.87 bits per heavy atom. The van der Waals surface area contributed by atoms with Crippen molar-refractivity contribution in [2.45, 2.75) is 31.2 Å². The second kappa shape index (κ2) is 7.32. The minimum Gasteiger partial charge on any atom is -0.497 e. The van der Waals surface area contributed by atoms with Crippen LogP contribution in [0.1, 0.15) is 20.3 Å². The third-order valence-electron chi connectivity index (χ3n) is 3.40. The van der Waals surface area contributed by atoms with Crippen LogP contribution in [0.2, 0.25) is 0 Å². The Balaban J connectivity index is 2.10. The van der Waals surface area contributed by atoms with E-state index in [0.717, 1.165) is 12.1 Å². The van der Waals surface area contributed by atoms with Gasteiger partial charge in [0.25, 0.3) is 10.0 Å². The van der Waals surface area contributed by atoms with E-state index in [9.17, 15) is 8.42 Å². The number of sulfonamides is 1. The molecule has 0 fully saturated rings. The Labute approximate surface area is 137 Å². The van der Waals surface area contributed by atoms with Crippen LogP contribution in [0.25, 0.3) is 0 Å². The zero-order valence-corrected chi connectivity index (χ0v) is 14.2. The molecule has 0 saturated heterocycles. The number of anilines is 2. The number of benzene rings is 1. The van der Waals surface area contributed by atoms with Gasteiger partial charge in [0.15, 0.2) is 0 Å². The van der Waals surface area contributed by atoms with Crippen molar-refractivity contribution in [3.05, 3.63) is 42.6 Å². The number of nitrogens with zero attached hydrogens (tertiary/aromatic N) is 1. The molecule has 0 saturated carbocycles. The van der Waals surface area contributed by atoms with E-state index in [1.807, 2.05) is 0 Å². The van der Waals surface area contributed by atoms with Crippen LogP contribution in [0.3, 0.4) is 0 Å². The molecule has 0 aliphatic heterocycles. The van der Waals surface area contributed by atoms with Crippen molar-refractivity contribution in [2.75, 3.05) is 17.1 Å². The van der Waals surface area contributed by atoms with Gasteiger partial charge in [0.1, 0.15) is 11.6 Å². The topological polar surface area (TPSA) is 80.3 Å². The number of methoxy groups -OCH3 is 1. The molecule has 1 atom stereocenters. The highest BCUT2D eigenvalue weighted by Crippen LogP contribution is 2.19. The van der Waals surface area contributed by atoms with Gasteiger partial charge in [-0.3, -0.25) is 4.72 Å². The highest BCUT2D eigenvalue weighted by atomic mass is 32.2. The summed E-state index contributed by atoms with van der Waals surface area (Å²) in [4.78, 5) is 4.29. The first-order valence-electron chi connectivity index (χ1n) is 7.34. The molecule has 124 valence electrons. The Kier molecular flexibility index (Phi) is 5.44. The van der Waals surface area contributed by atoms with Crippen LogP contribution in [0.5, 0.6) is 5.75 Å². The molecule has 1 aromatic heterocycles. The largest absolute Gasteiger partial charge is 0.497 e. The molecule has 1 aromatic carbocycles. The second-order valence-corrected chi connectivity index (χ2v) is 6.85. The van der Waals surface area contributed by atoms with E-state index in [-0.39, 0.29) is 10.7 Å². The van der Waals surface area contributed by atoms with Crippen LogP contribution >= 0.6 is 0 Å². The molecule has 6 nitrogen and oxygen atoms in total. The molecule has 1 heterocycles. The van der Waals surface area contributed by atoms with Crippen molar-refractivity contribution >= 4 is 21.5 Å². The molecule has 2 N–H and O–H groups in total. The average Bonchev–Trinajstić information content (AvgIpc) is 2.56. The summed E-state index contributed by atoms with van der Waals surface area (Å²) >= 11 is 0. The summed E-state index contributed by atoms with van der Waals surface area (Å²) in [5.41, 5.74) is 0.853. The van der Waals surface area contributed by atoms with Gasteiger partial charge in [0.05, 0.1) is 23.9 Å². The quantitative estimate of drug-likeness (QED) is 0.813. The summed E-state index contributed by atoms with van der Waals surface area (Å²) in [6, 6.07) is 9.93. The van der Waals surface area contributed by atoms with Crippen molar-refractivity contribution in [2.24, 2.45) is 0 Å². The van der Waals surface area contributed by atoms with Crippen molar-refractivity contribution in [1.29, 1.82) is 0 Å². The van der Waals surface area contributed by atoms with Gasteiger partial charge in [-0.05, 0) is 49.7 Å². The predicted molar refractivity (Wildman–Crippen MR) is 91.4 cm³/mol. The Bertz CT molecular complexity index is 728. The van der Waals surface area contributed by atoms with E-state index in [4.69, 9.17) is 4.74 Å². The zero-order valence-electron chi connectivity index (χ0n) is 13.4. The van der Waals surface area contributed by atoms with Gasteiger partial charge >= 0.3 is 0 Å². The highest BCUT2D eigenvalue weighted by Gasteiger charge is 2.14. The van der Waals surface area contributed by atoms with Crippen LogP contribution in [0.15, 0.2) is 47.5 Å². The van der Waals surface area contributed by atoms with Gasteiger partial charge in [-0.2, -0.15) is 0 Å². The number of rotatable bonds is 7. The molecule has 0 amide bonds. The molecule has 0 aliphatic rings. The maximum absolute atomic E-state index is 12.3. The van der Waals surface area contributed by atoms with Crippen molar-refractivity contribution in [3.63, 3.8) is 0 Å². The van der Waals surface area contributed by atoms with Crippen LogP contribution < -0.4 is 14.8 Å². The summed E-state index contributed by atoms with van der Waals surface area (Å²) in [7, 11) is -2.14. The van der Waals surface area contributed by atoms with Crippen molar-refractivity contribution < 1.29 is 13.2 Å². The highest BCUT2D eigenvalue weighted by molar-refractivity contribution is 7.92. The van der Waals surface area contributed by atoms with E-state index >= 15 is 0 Å². The molecule has 1 unspecified atom stereocenters. The van der Waals surface area contributed by atoms with Crippen LogP contribution in [-0.2, 0) is 10.0 Å². The number of hydrogen-bond donors (Lipinski definition) is 2. The van der Waals surface area contributed by atoms with Gasteiger partial charge in [-0.25, -0.2) is 13.4 Å². The lowest BCUT2D eigenvalue weighted by atomic mass is 10.2. The van der Waals surface area contributed by atoms with E-state index in [0.29, 0.717) is 11.8 Å². The Morgan fingerprint density at radius 3 is 2.39 bits per heavy atom. The van der Waals surface area contributed by atoms with E-state index in [2.05, 4.69) is 28.9 Å². The molecule has 23 heavy (non-hydrogen) atoms. The number of ether oxygens (including phenoxy) is 1. The van der Waals surface area contributed by atoms with Crippen molar-refractivity contribution in [1.82, 2.24) is 4.98 Å². The molecular weight excluding hydrogens is 314 g/mol. The second-order valence-electron chi connectivity index (χ2n) is 5.17. The first-order valence-corrected chi connectivity index (χ1v) is 8.82. The number of hydrogen-bond acceptors (Lipinski definition) is 5. The van der Waals surface area contributed by atoms with E-state index < -0.39 is 10.0 Å². The molecule has 0 aliphatic carbocycles. The lowest BCUT2D eigenvalue weighted by Gasteiger charge is -2.13. The molecule has 7 heteroatoms. The third-order valence-corrected chi connectivity index (χ3v) is 4.77. The molecule has 0 spiro atoms. The summed E-state index contributed by atoms with van der Waals surface area (Å²) < 4.78 is 32.1. The number of nitrogens with one attached hydrogen (secondary N) is 2. The maximum atomic E-state index is 12.3. The SMILES string of the molecule is CCC(C)Nc1ccc(NS(=O)(=O)c2ccc(OC)cc2)nc1. The fourth-order valence-electron chi connectivity index (χ4n) is 1.88. The summed E-state index contributed by atoms with van der Waals surface area (Å²) in [5.74, 6) is 0.873. The minimum absolute atomic E-state index is 0.155. The van der Waals surface area contributed by atoms with Gasteiger partial charge < -0.3 is 10.1 Å². The average molecular weight is 335 g/mol. The fourth-order valence-corrected chi connectivity index (χ4v) is 2.89. The smallest absolute Gasteiger partial charge is 0.263 e. The van der Waals surface area contributed by atoms with Crippen LogP contribution in [-0.4, -0.2) is 26.6 Å². The van der Waals surface area contributed by atoms with Gasteiger partial charge in [0.2, 0.25) is 0 Å². The maximum Gasteiger partial charge on any atom is 0.263 e. The van der Waals surface area contributed by atoms with Gasteiger partial charge in [-0.15, -0.1) is 0 Å².